The Morgan fingerprint density at radius 1 is 1.19 bits per heavy atom. The maximum Gasteiger partial charge on any atom is 0.142 e. The highest BCUT2D eigenvalue weighted by Gasteiger charge is 2.04. The van der Waals surface area contributed by atoms with Crippen LogP contribution in [0.15, 0.2) is 30.5 Å². The topological polar surface area (TPSA) is 51.8 Å². The van der Waals surface area contributed by atoms with E-state index in [1.54, 1.807) is 6.20 Å². The fourth-order valence-electron chi connectivity index (χ4n) is 1.66. The van der Waals surface area contributed by atoms with Gasteiger partial charge in [-0.05, 0) is 31.5 Å². The van der Waals surface area contributed by atoms with Crippen LogP contribution in [0.1, 0.15) is 17.0 Å². The molecule has 0 radical (unpaired) electrons. The first-order chi connectivity index (χ1) is 7.70. The molecule has 1 heterocycles. The van der Waals surface area contributed by atoms with E-state index >= 15 is 0 Å². The molecule has 0 bridgehead atoms. The minimum atomic E-state index is 0.374. The zero-order valence-corrected chi connectivity index (χ0v) is 9.57. The van der Waals surface area contributed by atoms with Crippen molar-refractivity contribution in [3.63, 3.8) is 0 Å². The van der Waals surface area contributed by atoms with Crippen LogP contribution >= 0.6 is 0 Å². The molecule has 2 rings (SSSR count). The summed E-state index contributed by atoms with van der Waals surface area (Å²) >= 11 is 0. The summed E-state index contributed by atoms with van der Waals surface area (Å²) in [6.45, 7) is 4.53. The predicted octanol–water partition coefficient (Wildman–Crippen LogP) is 2.22. The molecule has 0 aliphatic rings. The van der Waals surface area contributed by atoms with E-state index in [1.807, 2.05) is 6.07 Å². The van der Waals surface area contributed by atoms with Crippen LogP contribution in [0.25, 0.3) is 11.3 Å². The van der Waals surface area contributed by atoms with E-state index in [2.05, 4.69) is 42.0 Å². The van der Waals surface area contributed by atoms with E-state index in [0.29, 0.717) is 12.4 Å². The molecule has 0 saturated heterocycles. The molecule has 16 heavy (non-hydrogen) atoms. The van der Waals surface area contributed by atoms with Gasteiger partial charge < -0.3 is 5.73 Å². The Morgan fingerprint density at radius 3 is 2.75 bits per heavy atom. The molecule has 0 aliphatic heterocycles. The van der Waals surface area contributed by atoms with Gasteiger partial charge in [-0.25, -0.2) is 9.97 Å². The average molecular weight is 213 g/mol. The SMILES string of the molecule is Cc1ccc(C)c(-c2ccnc(CN)n2)c1. The van der Waals surface area contributed by atoms with Crippen molar-refractivity contribution in [1.29, 1.82) is 0 Å². The van der Waals surface area contributed by atoms with Crippen molar-refractivity contribution in [3.8, 4) is 11.3 Å². The second-order valence-corrected chi connectivity index (χ2v) is 3.88. The van der Waals surface area contributed by atoms with Crippen molar-refractivity contribution in [2.24, 2.45) is 5.73 Å². The molecule has 2 N–H and O–H groups in total. The Labute approximate surface area is 95.4 Å². The van der Waals surface area contributed by atoms with E-state index in [9.17, 15) is 0 Å². The van der Waals surface area contributed by atoms with Crippen molar-refractivity contribution >= 4 is 0 Å². The summed E-state index contributed by atoms with van der Waals surface area (Å²) in [5.41, 5.74) is 10.1. The molecule has 1 aromatic carbocycles. The van der Waals surface area contributed by atoms with Gasteiger partial charge in [0.25, 0.3) is 0 Å². The number of hydrogen-bond acceptors (Lipinski definition) is 3. The van der Waals surface area contributed by atoms with Crippen molar-refractivity contribution < 1.29 is 0 Å². The Bertz CT molecular complexity index is 506. The van der Waals surface area contributed by atoms with Crippen LogP contribution in [-0.2, 0) is 6.54 Å². The first kappa shape index (κ1) is 10.8. The van der Waals surface area contributed by atoms with Gasteiger partial charge in [0, 0.05) is 11.8 Å². The molecule has 0 amide bonds. The summed E-state index contributed by atoms with van der Waals surface area (Å²) < 4.78 is 0. The van der Waals surface area contributed by atoms with E-state index < -0.39 is 0 Å². The number of nitrogens with zero attached hydrogens (tertiary/aromatic N) is 2. The van der Waals surface area contributed by atoms with Gasteiger partial charge in [0.05, 0.1) is 12.2 Å². The lowest BCUT2D eigenvalue weighted by atomic mass is 10.0. The standard InChI is InChI=1S/C13H15N3/c1-9-3-4-10(2)11(7-9)12-5-6-15-13(8-14)16-12/h3-7H,8,14H2,1-2H3. The lowest BCUT2D eigenvalue weighted by Crippen LogP contribution is -2.03. The molecule has 0 fully saturated rings. The first-order valence-electron chi connectivity index (χ1n) is 5.30. The van der Waals surface area contributed by atoms with Crippen LogP contribution < -0.4 is 5.73 Å². The second-order valence-electron chi connectivity index (χ2n) is 3.88. The van der Waals surface area contributed by atoms with Crippen molar-refractivity contribution in [2.45, 2.75) is 20.4 Å². The summed E-state index contributed by atoms with van der Waals surface area (Å²) in [6.07, 6.45) is 1.76. The average Bonchev–Trinajstić information content (AvgIpc) is 2.32. The molecule has 2 aromatic rings. The minimum Gasteiger partial charge on any atom is -0.324 e. The maximum atomic E-state index is 5.54. The molecule has 0 spiro atoms. The van der Waals surface area contributed by atoms with Gasteiger partial charge in [0.15, 0.2) is 0 Å². The highest BCUT2D eigenvalue weighted by Crippen LogP contribution is 2.22. The van der Waals surface area contributed by atoms with Gasteiger partial charge in [-0.15, -0.1) is 0 Å². The summed E-state index contributed by atoms with van der Waals surface area (Å²) in [5.74, 6) is 0.679. The molecule has 1 aromatic heterocycles. The molecule has 3 heteroatoms. The van der Waals surface area contributed by atoms with Gasteiger partial charge in [-0.2, -0.15) is 0 Å². The van der Waals surface area contributed by atoms with Crippen LogP contribution in [0.5, 0.6) is 0 Å². The Kier molecular flexibility index (Phi) is 2.97. The van der Waals surface area contributed by atoms with E-state index in [1.165, 1.54) is 11.1 Å². The molecule has 0 saturated carbocycles. The number of rotatable bonds is 2. The van der Waals surface area contributed by atoms with E-state index in [-0.39, 0.29) is 0 Å². The fourth-order valence-corrected chi connectivity index (χ4v) is 1.66. The summed E-state index contributed by atoms with van der Waals surface area (Å²) in [5, 5.41) is 0. The number of aryl methyl sites for hydroxylation is 2. The lowest BCUT2D eigenvalue weighted by Gasteiger charge is -2.07. The monoisotopic (exact) mass is 213 g/mol. The molecule has 3 nitrogen and oxygen atoms in total. The van der Waals surface area contributed by atoms with Gasteiger partial charge >= 0.3 is 0 Å². The predicted molar refractivity (Wildman–Crippen MR) is 64.8 cm³/mol. The van der Waals surface area contributed by atoms with Gasteiger partial charge in [-0.3, -0.25) is 0 Å². The third-order valence-corrected chi connectivity index (χ3v) is 2.56. The van der Waals surface area contributed by atoms with Crippen molar-refractivity contribution in [2.75, 3.05) is 0 Å². The summed E-state index contributed by atoms with van der Waals surface area (Å²) in [7, 11) is 0. The van der Waals surface area contributed by atoms with E-state index in [4.69, 9.17) is 5.73 Å². The number of hydrogen-bond donors (Lipinski definition) is 1. The first-order valence-corrected chi connectivity index (χ1v) is 5.30. The van der Waals surface area contributed by atoms with Crippen LogP contribution in [0, 0.1) is 13.8 Å². The summed E-state index contributed by atoms with van der Waals surface area (Å²) in [4.78, 5) is 8.53. The van der Waals surface area contributed by atoms with Crippen molar-refractivity contribution in [3.05, 3.63) is 47.4 Å². The number of benzene rings is 1. The molecule has 0 atom stereocenters. The molecule has 0 unspecified atom stereocenters. The zero-order valence-electron chi connectivity index (χ0n) is 9.57. The molecule has 0 aliphatic carbocycles. The third kappa shape index (κ3) is 2.09. The smallest absolute Gasteiger partial charge is 0.142 e. The quantitative estimate of drug-likeness (QED) is 0.832. The lowest BCUT2D eigenvalue weighted by molar-refractivity contribution is 0.911. The van der Waals surface area contributed by atoms with Crippen LogP contribution in [-0.4, -0.2) is 9.97 Å². The third-order valence-electron chi connectivity index (χ3n) is 2.56. The fraction of sp³-hybridized carbons (Fsp3) is 0.231. The van der Waals surface area contributed by atoms with Crippen LogP contribution in [0.4, 0.5) is 0 Å². The largest absolute Gasteiger partial charge is 0.324 e. The van der Waals surface area contributed by atoms with Crippen LogP contribution in [0.2, 0.25) is 0 Å². The highest BCUT2D eigenvalue weighted by molar-refractivity contribution is 5.63. The Balaban J connectivity index is 2.53. The molecular formula is C13H15N3. The van der Waals surface area contributed by atoms with Gasteiger partial charge in [0.2, 0.25) is 0 Å². The molecule has 82 valence electrons. The number of nitrogens with two attached hydrogens (primary N) is 1. The van der Waals surface area contributed by atoms with Gasteiger partial charge in [-0.1, -0.05) is 17.7 Å². The Hall–Kier alpha value is -1.74. The molecular weight excluding hydrogens is 198 g/mol. The minimum absolute atomic E-state index is 0.374. The summed E-state index contributed by atoms with van der Waals surface area (Å²) in [6, 6.07) is 8.26. The second kappa shape index (κ2) is 4.41. The highest BCUT2D eigenvalue weighted by atomic mass is 14.9. The van der Waals surface area contributed by atoms with Crippen LogP contribution in [0.3, 0.4) is 0 Å². The zero-order chi connectivity index (χ0) is 11.5. The van der Waals surface area contributed by atoms with E-state index in [0.717, 1.165) is 11.3 Å². The van der Waals surface area contributed by atoms with Gasteiger partial charge in [0.1, 0.15) is 5.82 Å². The Morgan fingerprint density at radius 2 is 2.00 bits per heavy atom. The van der Waals surface area contributed by atoms with Crippen molar-refractivity contribution in [1.82, 2.24) is 9.97 Å². The normalized spacial score (nSPS) is 10.4. The number of aromatic nitrogens is 2. The maximum absolute atomic E-state index is 5.54.